The zero-order valence-corrected chi connectivity index (χ0v) is 14.0. The van der Waals surface area contributed by atoms with Crippen LogP contribution >= 0.6 is 0 Å². The topological polar surface area (TPSA) is 0 Å². The van der Waals surface area contributed by atoms with Crippen molar-refractivity contribution in [2.45, 2.75) is 65.2 Å². The second kappa shape index (κ2) is 11.3. The number of rotatable bonds is 8. The van der Waals surface area contributed by atoms with Gasteiger partial charge in [0, 0.05) is 0 Å². The van der Waals surface area contributed by atoms with Gasteiger partial charge in [0.15, 0.2) is 0 Å². The second-order valence-corrected chi connectivity index (χ2v) is 4.73. The number of aryl methyl sites for hydroxylation is 2. The van der Waals surface area contributed by atoms with Crippen molar-refractivity contribution >= 4 is 0 Å². The molecule has 0 atom stereocenters. The molecule has 0 aliphatic rings. The van der Waals surface area contributed by atoms with E-state index in [0.29, 0.717) is 0 Å². The van der Waals surface area contributed by atoms with Crippen molar-refractivity contribution in [2.24, 2.45) is 0 Å². The van der Waals surface area contributed by atoms with Crippen LogP contribution in [0, 0.1) is 0 Å². The van der Waals surface area contributed by atoms with Gasteiger partial charge in [0.25, 0.3) is 0 Å². The molecule has 1 heteroatoms. The van der Waals surface area contributed by atoms with Crippen LogP contribution in [0.3, 0.4) is 0 Å². The summed E-state index contributed by atoms with van der Waals surface area (Å²) in [4.78, 5) is 0. The van der Waals surface area contributed by atoms with Gasteiger partial charge in [-0.15, -0.1) is 0 Å². The summed E-state index contributed by atoms with van der Waals surface area (Å²) < 4.78 is 0. The molecular formula is C16H27Na. The minimum atomic E-state index is 0. The van der Waals surface area contributed by atoms with Gasteiger partial charge in [0.2, 0.25) is 0 Å². The summed E-state index contributed by atoms with van der Waals surface area (Å²) in [6.07, 6.45) is 10.6. The van der Waals surface area contributed by atoms with Crippen molar-refractivity contribution in [2.75, 3.05) is 0 Å². The summed E-state index contributed by atoms with van der Waals surface area (Å²) in [7, 11) is 0. The molecule has 0 amide bonds. The van der Waals surface area contributed by atoms with E-state index in [0.717, 1.165) is 0 Å². The van der Waals surface area contributed by atoms with Crippen LogP contribution in [0.15, 0.2) is 24.3 Å². The van der Waals surface area contributed by atoms with Gasteiger partial charge in [0.05, 0.1) is 0 Å². The van der Waals surface area contributed by atoms with Gasteiger partial charge >= 0.3 is 29.6 Å². The van der Waals surface area contributed by atoms with Crippen molar-refractivity contribution in [3.05, 3.63) is 35.4 Å². The summed E-state index contributed by atoms with van der Waals surface area (Å²) in [6.45, 7) is 4.53. The molecule has 0 aliphatic carbocycles. The van der Waals surface area contributed by atoms with Gasteiger partial charge < -0.3 is 1.43 Å². The first kappa shape index (κ1) is 17.2. The Morgan fingerprint density at radius 2 is 1.29 bits per heavy atom. The molecule has 0 fully saturated rings. The summed E-state index contributed by atoms with van der Waals surface area (Å²) in [5, 5.41) is 0. The smallest absolute Gasteiger partial charge is 1.00 e. The second-order valence-electron chi connectivity index (χ2n) is 4.73. The van der Waals surface area contributed by atoms with Crippen LogP contribution in [0.5, 0.6) is 0 Å². The third kappa shape index (κ3) is 8.02. The van der Waals surface area contributed by atoms with Gasteiger partial charge in [0.1, 0.15) is 0 Å². The zero-order chi connectivity index (χ0) is 11.6. The Bertz CT molecular complexity index is 261. The van der Waals surface area contributed by atoms with Crippen LogP contribution in [0.1, 0.15) is 64.9 Å². The van der Waals surface area contributed by atoms with Crippen molar-refractivity contribution in [3.63, 3.8) is 0 Å². The fourth-order valence-electron chi connectivity index (χ4n) is 2.10. The maximum atomic E-state index is 2.41. The van der Waals surface area contributed by atoms with Crippen molar-refractivity contribution in [1.29, 1.82) is 0 Å². The molecule has 1 aromatic rings. The molecule has 0 saturated heterocycles. The van der Waals surface area contributed by atoms with Crippen LogP contribution in [0.2, 0.25) is 0 Å². The molecule has 0 nitrogen and oxygen atoms in total. The first-order chi connectivity index (χ1) is 7.86. The van der Waals surface area contributed by atoms with Crippen LogP contribution < -0.4 is 29.6 Å². The molecule has 1 aromatic carbocycles. The number of unbranched alkanes of at least 4 members (excludes halogenated alkanes) is 4. The maximum Gasteiger partial charge on any atom is 1.00 e. The van der Waals surface area contributed by atoms with Gasteiger partial charge in [-0.3, -0.25) is 0 Å². The quantitative estimate of drug-likeness (QED) is 0.484. The Labute approximate surface area is 131 Å². The van der Waals surface area contributed by atoms with E-state index in [2.05, 4.69) is 38.1 Å². The summed E-state index contributed by atoms with van der Waals surface area (Å²) in [5.41, 5.74) is 3.06. The normalized spacial score (nSPS) is 10.0. The van der Waals surface area contributed by atoms with E-state index in [9.17, 15) is 0 Å². The average molecular weight is 242 g/mol. The molecule has 0 radical (unpaired) electrons. The molecular weight excluding hydrogens is 215 g/mol. The average Bonchev–Trinajstić information content (AvgIpc) is 2.30. The molecule has 17 heavy (non-hydrogen) atoms. The molecule has 0 unspecified atom stereocenters. The molecule has 1 rings (SSSR count). The monoisotopic (exact) mass is 242 g/mol. The van der Waals surface area contributed by atoms with Crippen LogP contribution in [0.4, 0.5) is 0 Å². The van der Waals surface area contributed by atoms with Crippen molar-refractivity contribution in [3.8, 4) is 0 Å². The Hall–Kier alpha value is 0.220. The fourth-order valence-corrected chi connectivity index (χ4v) is 2.10. The van der Waals surface area contributed by atoms with Gasteiger partial charge in [-0.2, -0.15) is 0 Å². The minimum absolute atomic E-state index is 0. The molecule has 0 saturated carbocycles. The van der Waals surface area contributed by atoms with Gasteiger partial charge in [-0.25, -0.2) is 0 Å². The van der Waals surface area contributed by atoms with E-state index < -0.39 is 0 Å². The molecule has 0 heterocycles. The van der Waals surface area contributed by atoms with Crippen molar-refractivity contribution in [1.82, 2.24) is 0 Å². The van der Waals surface area contributed by atoms with E-state index in [1.54, 1.807) is 0 Å². The Balaban J connectivity index is 0. The maximum absolute atomic E-state index is 2.41. The molecule has 0 N–H and O–H groups in total. The predicted molar refractivity (Wildman–Crippen MR) is 74.0 cm³/mol. The number of hydrogen-bond acceptors (Lipinski definition) is 0. The summed E-state index contributed by atoms with van der Waals surface area (Å²) >= 11 is 0. The first-order valence-corrected chi connectivity index (χ1v) is 6.94. The SMILES string of the molecule is CCCCCc1cccc(CCCCC)c1.[H-].[Na+]. The van der Waals surface area contributed by atoms with Crippen LogP contribution in [-0.4, -0.2) is 0 Å². The van der Waals surface area contributed by atoms with Crippen LogP contribution in [0.25, 0.3) is 0 Å². The molecule has 0 aromatic heterocycles. The van der Waals surface area contributed by atoms with E-state index in [1.807, 2.05) is 0 Å². The predicted octanol–water partition coefficient (Wildman–Crippen LogP) is 2.27. The summed E-state index contributed by atoms with van der Waals surface area (Å²) in [6, 6.07) is 9.19. The molecule has 0 bridgehead atoms. The Morgan fingerprint density at radius 1 is 0.824 bits per heavy atom. The minimum Gasteiger partial charge on any atom is -1.00 e. The Kier molecular flexibility index (Phi) is 11.5. The summed E-state index contributed by atoms with van der Waals surface area (Å²) in [5.74, 6) is 0. The van der Waals surface area contributed by atoms with Gasteiger partial charge in [-0.1, -0.05) is 63.8 Å². The fraction of sp³-hybridized carbons (Fsp3) is 0.625. The number of benzene rings is 1. The third-order valence-corrected chi connectivity index (χ3v) is 3.13. The van der Waals surface area contributed by atoms with Gasteiger partial charge in [-0.05, 0) is 36.8 Å². The number of hydrogen-bond donors (Lipinski definition) is 0. The molecule has 92 valence electrons. The first-order valence-electron chi connectivity index (χ1n) is 6.94. The molecule has 0 spiro atoms. The van der Waals surface area contributed by atoms with E-state index in [4.69, 9.17) is 0 Å². The standard InChI is InChI=1S/C16H26.Na.H/c1-3-5-7-10-15-12-9-13-16(14-15)11-8-6-4-2;;/h9,12-14H,3-8,10-11H2,1-2H3;;/q;+1;-1. The zero-order valence-electron chi connectivity index (χ0n) is 13.0. The van der Waals surface area contributed by atoms with E-state index in [-0.39, 0.29) is 31.0 Å². The van der Waals surface area contributed by atoms with E-state index in [1.165, 1.54) is 62.5 Å². The van der Waals surface area contributed by atoms with E-state index >= 15 is 0 Å². The Morgan fingerprint density at radius 3 is 1.71 bits per heavy atom. The van der Waals surface area contributed by atoms with Crippen LogP contribution in [-0.2, 0) is 12.8 Å². The molecule has 0 aliphatic heterocycles. The van der Waals surface area contributed by atoms with Crippen molar-refractivity contribution < 1.29 is 31.0 Å². The third-order valence-electron chi connectivity index (χ3n) is 3.13. The largest absolute Gasteiger partial charge is 1.00 e.